The molecule has 3 nitrogen and oxygen atoms in total. The van der Waals surface area contributed by atoms with Gasteiger partial charge in [0, 0.05) is 4.88 Å². The third-order valence-electron chi connectivity index (χ3n) is 3.03. The molecule has 0 spiro atoms. The highest BCUT2D eigenvalue weighted by molar-refractivity contribution is 7.22. The van der Waals surface area contributed by atoms with Crippen LogP contribution in [-0.4, -0.2) is 10.9 Å². The van der Waals surface area contributed by atoms with Gasteiger partial charge in [-0.1, -0.05) is 29.0 Å². The van der Waals surface area contributed by atoms with Crippen LogP contribution in [0, 0.1) is 13.8 Å². The molecule has 6 heteroatoms. The number of benzene rings is 1. The molecule has 1 N–H and O–H groups in total. The maximum Gasteiger partial charge on any atom is 0.231 e. The van der Waals surface area contributed by atoms with Gasteiger partial charge in [-0.3, -0.25) is 4.79 Å². The van der Waals surface area contributed by atoms with Crippen molar-refractivity contribution in [3.05, 3.63) is 44.6 Å². The molecule has 0 fully saturated rings. The van der Waals surface area contributed by atoms with Gasteiger partial charge >= 0.3 is 0 Å². The standard InChI is InChI=1S/C15H13ClN2OS2/c1-8-5-9(2)14-11(6-8)17-15(21-14)18-13(19)7-10-3-4-12(16)20-10/h3-6H,7H2,1-2H3,(H,17,18,19). The molecule has 0 atom stereocenters. The minimum absolute atomic E-state index is 0.0676. The highest BCUT2D eigenvalue weighted by Gasteiger charge is 2.11. The Morgan fingerprint density at radius 2 is 2.10 bits per heavy atom. The van der Waals surface area contributed by atoms with Crippen LogP contribution in [-0.2, 0) is 11.2 Å². The van der Waals surface area contributed by atoms with Gasteiger partial charge in [0.25, 0.3) is 0 Å². The minimum Gasteiger partial charge on any atom is -0.302 e. The second-order valence-electron chi connectivity index (χ2n) is 4.88. The number of hydrogen-bond acceptors (Lipinski definition) is 4. The highest BCUT2D eigenvalue weighted by Crippen LogP contribution is 2.30. The Balaban J connectivity index is 1.78. The average molecular weight is 337 g/mol. The van der Waals surface area contributed by atoms with E-state index in [1.165, 1.54) is 33.8 Å². The summed E-state index contributed by atoms with van der Waals surface area (Å²) in [6, 6.07) is 7.84. The zero-order valence-corrected chi connectivity index (χ0v) is 14.0. The van der Waals surface area contributed by atoms with Crippen LogP contribution in [0.3, 0.4) is 0 Å². The van der Waals surface area contributed by atoms with Gasteiger partial charge in [0.15, 0.2) is 5.13 Å². The summed E-state index contributed by atoms with van der Waals surface area (Å²) in [7, 11) is 0. The van der Waals surface area contributed by atoms with Crippen LogP contribution < -0.4 is 5.32 Å². The number of rotatable bonds is 3. The number of hydrogen-bond donors (Lipinski definition) is 1. The molecule has 0 aliphatic heterocycles. The van der Waals surface area contributed by atoms with Crippen molar-refractivity contribution in [3.63, 3.8) is 0 Å². The molecule has 108 valence electrons. The molecule has 21 heavy (non-hydrogen) atoms. The summed E-state index contributed by atoms with van der Waals surface area (Å²) in [5.74, 6) is -0.0676. The van der Waals surface area contributed by atoms with Gasteiger partial charge < -0.3 is 5.32 Å². The van der Waals surface area contributed by atoms with Crippen molar-refractivity contribution in [1.29, 1.82) is 0 Å². The lowest BCUT2D eigenvalue weighted by Crippen LogP contribution is -2.13. The molecule has 2 aromatic heterocycles. The largest absolute Gasteiger partial charge is 0.302 e. The minimum atomic E-state index is -0.0676. The normalized spacial score (nSPS) is 11.0. The molecule has 1 amide bonds. The van der Waals surface area contributed by atoms with E-state index in [1.54, 1.807) is 6.07 Å². The molecule has 2 heterocycles. The maximum absolute atomic E-state index is 12.0. The molecule has 1 aromatic carbocycles. The van der Waals surface area contributed by atoms with Crippen molar-refractivity contribution in [1.82, 2.24) is 4.98 Å². The number of anilines is 1. The Morgan fingerprint density at radius 3 is 2.81 bits per heavy atom. The predicted octanol–water partition coefficient (Wildman–Crippen LogP) is 4.81. The van der Waals surface area contributed by atoms with Gasteiger partial charge in [0.1, 0.15) is 0 Å². The van der Waals surface area contributed by atoms with Crippen LogP contribution in [0.15, 0.2) is 24.3 Å². The average Bonchev–Trinajstić information content (AvgIpc) is 2.95. The zero-order valence-electron chi connectivity index (χ0n) is 11.6. The summed E-state index contributed by atoms with van der Waals surface area (Å²) in [6.45, 7) is 4.11. The molecule has 3 aromatic rings. The summed E-state index contributed by atoms with van der Waals surface area (Å²) in [4.78, 5) is 17.5. The number of halogens is 1. The molecule has 0 saturated carbocycles. The first kappa shape index (κ1) is 14.5. The molecule has 3 rings (SSSR count). The number of carbonyl (C=O) groups is 1. The molecule has 0 radical (unpaired) electrons. The van der Waals surface area contributed by atoms with Crippen molar-refractivity contribution in [3.8, 4) is 0 Å². The van der Waals surface area contributed by atoms with Crippen LogP contribution in [0.25, 0.3) is 10.2 Å². The van der Waals surface area contributed by atoms with Crippen molar-refractivity contribution < 1.29 is 4.79 Å². The van der Waals surface area contributed by atoms with E-state index in [-0.39, 0.29) is 5.91 Å². The number of carbonyl (C=O) groups excluding carboxylic acids is 1. The monoisotopic (exact) mass is 336 g/mol. The van der Waals surface area contributed by atoms with Crippen LogP contribution in [0.5, 0.6) is 0 Å². The van der Waals surface area contributed by atoms with Gasteiger partial charge in [-0.2, -0.15) is 0 Å². The number of thiazole rings is 1. The second-order valence-corrected chi connectivity index (χ2v) is 7.68. The smallest absolute Gasteiger partial charge is 0.231 e. The molecule has 0 bridgehead atoms. The summed E-state index contributed by atoms with van der Waals surface area (Å²) < 4.78 is 1.82. The first-order chi connectivity index (χ1) is 10.0. The van der Waals surface area contributed by atoms with Crippen LogP contribution >= 0.6 is 34.3 Å². The van der Waals surface area contributed by atoms with Crippen molar-refractivity contribution >= 4 is 55.5 Å². The first-order valence-electron chi connectivity index (χ1n) is 6.43. The Labute approximate surface area is 135 Å². The van der Waals surface area contributed by atoms with E-state index in [2.05, 4.69) is 23.3 Å². The fourth-order valence-corrected chi connectivity index (χ4v) is 4.22. The summed E-state index contributed by atoms with van der Waals surface area (Å²) in [5, 5.41) is 3.51. The van der Waals surface area contributed by atoms with E-state index in [1.807, 2.05) is 19.1 Å². The molecule has 0 aliphatic rings. The number of amides is 1. The summed E-state index contributed by atoms with van der Waals surface area (Å²) in [5.41, 5.74) is 3.30. The van der Waals surface area contributed by atoms with Crippen LogP contribution in [0.1, 0.15) is 16.0 Å². The van der Waals surface area contributed by atoms with Gasteiger partial charge in [-0.15, -0.1) is 11.3 Å². The van der Waals surface area contributed by atoms with E-state index < -0.39 is 0 Å². The van der Waals surface area contributed by atoms with Gasteiger partial charge in [-0.05, 0) is 43.2 Å². The van der Waals surface area contributed by atoms with E-state index >= 15 is 0 Å². The first-order valence-corrected chi connectivity index (χ1v) is 8.44. The Bertz CT molecular complexity index is 822. The van der Waals surface area contributed by atoms with Crippen molar-refractivity contribution in [2.75, 3.05) is 5.32 Å². The van der Waals surface area contributed by atoms with Crippen LogP contribution in [0.4, 0.5) is 5.13 Å². The predicted molar refractivity (Wildman–Crippen MR) is 90.8 cm³/mol. The molecular weight excluding hydrogens is 324 g/mol. The van der Waals surface area contributed by atoms with Gasteiger partial charge in [0.05, 0.1) is 21.0 Å². The van der Waals surface area contributed by atoms with Crippen molar-refractivity contribution in [2.24, 2.45) is 0 Å². The highest BCUT2D eigenvalue weighted by atomic mass is 35.5. The number of thiophene rings is 1. The molecule has 0 unspecified atom stereocenters. The maximum atomic E-state index is 12.0. The lowest BCUT2D eigenvalue weighted by molar-refractivity contribution is -0.115. The molecular formula is C15H13ClN2OS2. The summed E-state index contributed by atoms with van der Waals surface area (Å²) in [6.07, 6.45) is 0.325. The quantitative estimate of drug-likeness (QED) is 0.745. The number of nitrogens with zero attached hydrogens (tertiary/aromatic N) is 1. The van der Waals surface area contributed by atoms with Gasteiger partial charge in [0.2, 0.25) is 5.91 Å². The van der Waals surface area contributed by atoms with E-state index in [0.29, 0.717) is 15.9 Å². The molecule has 0 saturated heterocycles. The second kappa shape index (κ2) is 5.75. The number of aryl methyl sites for hydroxylation is 2. The van der Waals surface area contributed by atoms with E-state index in [9.17, 15) is 4.79 Å². The van der Waals surface area contributed by atoms with E-state index in [4.69, 9.17) is 11.6 Å². The third kappa shape index (κ3) is 3.26. The number of nitrogens with one attached hydrogen (secondary N) is 1. The Kier molecular flexibility index (Phi) is 3.97. The topological polar surface area (TPSA) is 42.0 Å². The van der Waals surface area contributed by atoms with Crippen molar-refractivity contribution in [2.45, 2.75) is 20.3 Å². The Hall–Kier alpha value is -1.43. The summed E-state index contributed by atoms with van der Waals surface area (Å²) >= 11 is 8.80. The molecule has 0 aliphatic carbocycles. The number of aromatic nitrogens is 1. The van der Waals surface area contributed by atoms with E-state index in [0.717, 1.165) is 15.1 Å². The van der Waals surface area contributed by atoms with Crippen LogP contribution in [0.2, 0.25) is 4.34 Å². The zero-order chi connectivity index (χ0) is 15.0. The lowest BCUT2D eigenvalue weighted by atomic mass is 10.1. The Morgan fingerprint density at radius 1 is 1.29 bits per heavy atom. The SMILES string of the molecule is Cc1cc(C)c2sc(NC(=O)Cc3ccc(Cl)s3)nc2c1. The fourth-order valence-electron chi connectivity index (χ4n) is 2.20. The number of fused-ring (bicyclic) bond motifs is 1. The fraction of sp³-hybridized carbons (Fsp3) is 0.200. The lowest BCUT2D eigenvalue weighted by Gasteiger charge is -1.98. The third-order valence-corrected chi connectivity index (χ3v) is 5.38. The van der Waals surface area contributed by atoms with Gasteiger partial charge in [-0.25, -0.2) is 4.98 Å².